The van der Waals surface area contributed by atoms with Crippen LogP contribution in [0.5, 0.6) is 5.75 Å². The molecule has 2 aromatic rings. The van der Waals surface area contributed by atoms with E-state index in [1.165, 1.54) is 22.2 Å². The number of hydrogen-bond donors (Lipinski definition) is 0. The highest BCUT2D eigenvalue weighted by atomic mass is 16.5. The number of ketones is 1. The van der Waals surface area contributed by atoms with Crippen molar-refractivity contribution >= 4 is 16.7 Å². The quantitative estimate of drug-likeness (QED) is 0.819. The van der Waals surface area contributed by atoms with Crippen molar-refractivity contribution in [3.8, 4) is 5.75 Å². The van der Waals surface area contributed by atoms with Gasteiger partial charge in [-0.15, -0.1) is 0 Å². The number of rotatable bonds is 2. The number of piperidine rings is 1. The summed E-state index contributed by atoms with van der Waals surface area (Å²) in [5.74, 6) is 1.70. The van der Waals surface area contributed by atoms with E-state index in [9.17, 15) is 4.79 Å². The number of carbonyl (C=O) groups is 1. The van der Waals surface area contributed by atoms with Crippen molar-refractivity contribution in [2.75, 3.05) is 20.8 Å². The zero-order chi connectivity index (χ0) is 18.9. The normalized spacial score (nSPS) is 29.6. The van der Waals surface area contributed by atoms with Crippen LogP contribution in [0.2, 0.25) is 0 Å². The zero-order valence-corrected chi connectivity index (χ0v) is 16.4. The summed E-state index contributed by atoms with van der Waals surface area (Å²) in [5, 5.41) is 1.33. The van der Waals surface area contributed by atoms with Crippen LogP contribution in [0.4, 0.5) is 0 Å². The molecule has 5 nitrogen and oxygen atoms in total. The van der Waals surface area contributed by atoms with Crippen LogP contribution < -0.4 is 4.74 Å². The smallest absolute Gasteiger partial charge is 0.159 e. The molecule has 1 aromatic heterocycles. The number of carbonyl (C=O) groups excluding carboxylic acids is 1. The number of ether oxygens (including phenoxy) is 2. The topological polar surface area (TPSA) is 43.7 Å². The molecule has 4 atom stereocenters. The minimum absolute atomic E-state index is 0.148. The molecule has 0 aliphatic carbocycles. The second-order valence-corrected chi connectivity index (χ2v) is 8.23. The van der Waals surface area contributed by atoms with Crippen molar-refractivity contribution in [2.45, 2.75) is 31.8 Å². The number of nitrogens with zero attached hydrogens (tertiary/aromatic N) is 2. The average molecular weight is 366 g/mol. The molecule has 3 aliphatic rings. The first-order chi connectivity index (χ1) is 13.0. The van der Waals surface area contributed by atoms with Gasteiger partial charge in [-0.3, -0.25) is 9.69 Å². The first-order valence-electron chi connectivity index (χ1n) is 9.71. The van der Waals surface area contributed by atoms with Crippen LogP contribution in [0.1, 0.15) is 30.6 Å². The van der Waals surface area contributed by atoms with E-state index in [2.05, 4.69) is 41.8 Å². The fourth-order valence-electron chi connectivity index (χ4n) is 5.74. The number of likely N-dealkylation sites (N-methyl/N-ethyl adjacent to an activating group) is 1. The van der Waals surface area contributed by atoms with Gasteiger partial charge in [0.15, 0.2) is 5.78 Å². The molecule has 0 radical (unpaired) electrons. The molecule has 0 amide bonds. The molecular weight excluding hydrogens is 340 g/mol. The summed E-state index contributed by atoms with van der Waals surface area (Å²) in [4.78, 5) is 14.7. The number of hydrogen-bond acceptors (Lipinski definition) is 4. The largest absolute Gasteiger partial charge is 0.500 e. The molecule has 3 aliphatic heterocycles. The lowest BCUT2D eigenvalue weighted by Gasteiger charge is -2.52. The molecule has 1 saturated heterocycles. The lowest BCUT2D eigenvalue weighted by molar-refractivity contribution is -0.116. The zero-order valence-electron chi connectivity index (χ0n) is 16.4. The Kier molecular flexibility index (Phi) is 3.66. The Bertz CT molecular complexity index is 974. The lowest BCUT2D eigenvalue weighted by atomic mass is 9.67. The highest BCUT2D eigenvalue weighted by Gasteiger charge is 2.50. The number of Topliss-reactive ketones (excluding diaryl/α,β-unsaturated/α-hetero) is 1. The molecule has 2 bridgehead atoms. The number of benzene rings is 1. The maximum absolute atomic E-state index is 12.2. The summed E-state index contributed by atoms with van der Waals surface area (Å²) in [6.45, 7) is 2.37. The fourth-order valence-corrected chi connectivity index (χ4v) is 5.74. The number of aryl methyl sites for hydroxylation is 1. The van der Waals surface area contributed by atoms with Gasteiger partial charge in [0.2, 0.25) is 0 Å². The third-order valence-corrected chi connectivity index (χ3v) is 7.10. The van der Waals surface area contributed by atoms with E-state index in [4.69, 9.17) is 9.47 Å². The SMILES string of the molecule is COc1ccc2c3c(n(C)c2c1)[C@H]1C[C@H]2C(C(C)=O)=COC[C@@H]2[C@@H](C3)N1C. The lowest BCUT2D eigenvalue weighted by Crippen LogP contribution is -2.55. The summed E-state index contributed by atoms with van der Waals surface area (Å²) < 4.78 is 13.5. The maximum atomic E-state index is 12.2. The van der Waals surface area contributed by atoms with Crippen molar-refractivity contribution in [2.24, 2.45) is 18.9 Å². The van der Waals surface area contributed by atoms with Crippen LogP contribution in [0.3, 0.4) is 0 Å². The fraction of sp³-hybridized carbons (Fsp3) is 0.500. The van der Waals surface area contributed by atoms with Gasteiger partial charge in [-0.05, 0) is 50.4 Å². The van der Waals surface area contributed by atoms with Gasteiger partial charge < -0.3 is 14.0 Å². The van der Waals surface area contributed by atoms with Crippen LogP contribution in [-0.2, 0) is 23.0 Å². The molecule has 5 rings (SSSR count). The minimum Gasteiger partial charge on any atom is -0.500 e. The Morgan fingerprint density at radius 1 is 1.30 bits per heavy atom. The van der Waals surface area contributed by atoms with E-state index in [1.807, 2.05) is 0 Å². The molecular formula is C22H26N2O3. The van der Waals surface area contributed by atoms with Gasteiger partial charge >= 0.3 is 0 Å². The number of fused-ring (bicyclic) bond motifs is 8. The molecule has 142 valence electrons. The van der Waals surface area contributed by atoms with Crippen LogP contribution in [0.15, 0.2) is 30.0 Å². The van der Waals surface area contributed by atoms with Gasteiger partial charge in [-0.1, -0.05) is 0 Å². The van der Waals surface area contributed by atoms with Crippen molar-refractivity contribution < 1.29 is 14.3 Å². The van der Waals surface area contributed by atoms with Crippen LogP contribution in [0, 0.1) is 11.8 Å². The molecule has 0 N–H and O–H groups in total. The van der Waals surface area contributed by atoms with Crippen molar-refractivity contribution in [3.05, 3.63) is 41.3 Å². The number of allylic oxidation sites excluding steroid dienone is 1. The van der Waals surface area contributed by atoms with Gasteiger partial charge in [0.05, 0.1) is 31.5 Å². The van der Waals surface area contributed by atoms with E-state index in [0.29, 0.717) is 30.5 Å². The van der Waals surface area contributed by atoms with Gasteiger partial charge in [-0.2, -0.15) is 0 Å². The third kappa shape index (κ3) is 2.24. The molecule has 0 saturated carbocycles. The second-order valence-electron chi connectivity index (χ2n) is 8.23. The molecule has 4 heterocycles. The van der Waals surface area contributed by atoms with Gasteiger partial charge in [-0.25, -0.2) is 0 Å². The summed E-state index contributed by atoms with van der Waals surface area (Å²) in [6.07, 6.45) is 3.69. The summed E-state index contributed by atoms with van der Waals surface area (Å²) in [7, 11) is 6.11. The van der Waals surface area contributed by atoms with E-state index >= 15 is 0 Å². The second kappa shape index (κ2) is 5.86. The maximum Gasteiger partial charge on any atom is 0.159 e. The molecule has 0 unspecified atom stereocenters. The molecule has 5 heteroatoms. The monoisotopic (exact) mass is 366 g/mol. The van der Waals surface area contributed by atoms with E-state index < -0.39 is 0 Å². The van der Waals surface area contributed by atoms with Crippen LogP contribution in [-0.4, -0.2) is 42.1 Å². The molecule has 27 heavy (non-hydrogen) atoms. The first kappa shape index (κ1) is 16.9. The Hall–Kier alpha value is -2.27. The first-order valence-corrected chi connectivity index (χ1v) is 9.71. The Labute approximate surface area is 159 Å². The molecule has 1 aromatic carbocycles. The minimum atomic E-state index is 0.148. The summed E-state index contributed by atoms with van der Waals surface area (Å²) in [5.41, 5.74) is 4.95. The molecule has 0 spiro atoms. The van der Waals surface area contributed by atoms with Crippen LogP contribution >= 0.6 is 0 Å². The van der Waals surface area contributed by atoms with Crippen molar-refractivity contribution in [1.82, 2.24) is 9.47 Å². The van der Waals surface area contributed by atoms with Crippen molar-refractivity contribution in [3.63, 3.8) is 0 Å². The van der Waals surface area contributed by atoms with Crippen molar-refractivity contribution in [1.29, 1.82) is 0 Å². The summed E-state index contributed by atoms with van der Waals surface area (Å²) in [6, 6.07) is 7.11. The highest BCUT2D eigenvalue weighted by molar-refractivity contribution is 5.94. The Balaban J connectivity index is 1.67. The standard InChI is InChI=1S/C22H26N2O3/c1-12(25)17-10-27-11-18-15(17)8-21-22-16(9-20(18)23(21)2)14-6-5-13(26-4)7-19(14)24(22)3/h5-7,10,15,18,20-21H,8-9,11H2,1-4H3/t15-,18-,20+,21+/m0/s1. The van der Waals surface area contributed by atoms with E-state index in [-0.39, 0.29) is 5.78 Å². The van der Waals surface area contributed by atoms with Gasteiger partial charge in [0, 0.05) is 41.7 Å². The van der Waals surface area contributed by atoms with E-state index in [0.717, 1.165) is 24.2 Å². The number of aromatic nitrogens is 1. The van der Waals surface area contributed by atoms with Crippen LogP contribution in [0.25, 0.3) is 10.9 Å². The number of methoxy groups -OCH3 is 1. The average Bonchev–Trinajstić information content (AvgIpc) is 2.93. The predicted molar refractivity (Wildman–Crippen MR) is 104 cm³/mol. The van der Waals surface area contributed by atoms with Gasteiger partial charge in [0.1, 0.15) is 5.75 Å². The van der Waals surface area contributed by atoms with E-state index in [1.54, 1.807) is 20.3 Å². The third-order valence-electron chi connectivity index (χ3n) is 7.10. The van der Waals surface area contributed by atoms with Gasteiger partial charge in [0.25, 0.3) is 0 Å². The molecule has 1 fully saturated rings. The Morgan fingerprint density at radius 2 is 2.11 bits per heavy atom. The highest BCUT2D eigenvalue weighted by Crippen LogP contribution is 2.51. The summed E-state index contributed by atoms with van der Waals surface area (Å²) >= 11 is 0. The predicted octanol–water partition coefficient (Wildman–Crippen LogP) is 3.22. The Morgan fingerprint density at radius 3 is 2.85 bits per heavy atom.